The molecule has 2 aromatic heterocycles. The van der Waals surface area contributed by atoms with Crippen molar-refractivity contribution >= 4 is 44.1 Å². The largest absolute Gasteiger partial charge is 0.397 e. The molecule has 9 heteroatoms. The molecular weight excluding hydrogens is 370 g/mol. The predicted molar refractivity (Wildman–Crippen MR) is 104 cm³/mol. The van der Waals surface area contributed by atoms with E-state index in [1.165, 1.54) is 11.3 Å². The van der Waals surface area contributed by atoms with Crippen molar-refractivity contribution in [3.63, 3.8) is 0 Å². The van der Waals surface area contributed by atoms with Crippen LogP contribution in [-0.4, -0.2) is 33.4 Å². The number of nitrogens with zero attached hydrogens (tertiary/aromatic N) is 2. The zero-order valence-corrected chi connectivity index (χ0v) is 16.0. The molecule has 1 aromatic carbocycles. The number of benzene rings is 1. The number of nitrogens with two attached hydrogens (primary N) is 1. The molecule has 1 unspecified atom stereocenters. The van der Waals surface area contributed by atoms with E-state index in [0.29, 0.717) is 33.4 Å². The van der Waals surface area contributed by atoms with Crippen LogP contribution in [-0.2, 0) is 11.0 Å². The summed E-state index contributed by atoms with van der Waals surface area (Å²) in [7, 11) is -1.31. The summed E-state index contributed by atoms with van der Waals surface area (Å²) in [5.74, 6) is -0.269. The maximum absolute atomic E-state index is 12.4. The van der Waals surface area contributed by atoms with Crippen LogP contribution in [0.25, 0.3) is 10.2 Å². The number of nitrogens with one attached hydrogen (secondary N) is 2. The minimum Gasteiger partial charge on any atom is -0.397 e. The van der Waals surface area contributed by atoms with Crippen LogP contribution in [0, 0.1) is 13.8 Å². The van der Waals surface area contributed by atoms with Crippen LogP contribution < -0.4 is 15.8 Å². The van der Waals surface area contributed by atoms with E-state index in [0.717, 1.165) is 16.6 Å². The van der Waals surface area contributed by atoms with Gasteiger partial charge in [0.25, 0.3) is 5.91 Å². The number of fused-ring (bicyclic) bond motifs is 1. The summed E-state index contributed by atoms with van der Waals surface area (Å²) in [6.45, 7) is 4.47. The average Bonchev–Trinajstić information content (AvgIpc) is 2.99. The molecule has 0 radical (unpaired) electrons. The van der Waals surface area contributed by atoms with Gasteiger partial charge < -0.3 is 11.1 Å². The monoisotopic (exact) mass is 389 g/mol. The van der Waals surface area contributed by atoms with Gasteiger partial charge in [-0.2, -0.15) is 5.10 Å². The van der Waals surface area contributed by atoms with Gasteiger partial charge in [0.1, 0.15) is 20.7 Å². The fraction of sp³-hybridized carbons (Fsp3) is 0.235. The molecule has 136 valence electrons. The van der Waals surface area contributed by atoms with Crippen molar-refractivity contribution in [3.05, 3.63) is 46.5 Å². The van der Waals surface area contributed by atoms with Crippen LogP contribution in [0.3, 0.4) is 0 Å². The highest BCUT2D eigenvalue weighted by molar-refractivity contribution is 7.83. The molecule has 3 aromatic rings. The van der Waals surface area contributed by atoms with Crippen molar-refractivity contribution in [1.29, 1.82) is 0 Å². The number of nitrogen functional groups attached to an aromatic ring is 1. The first-order valence-electron chi connectivity index (χ1n) is 7.99. The molecule has 0 aliphatic heterocycles. The van der Waals surface area contributed by atoms with Gasteiger partial charge in [0, 0.05) is 18.5 Å². The number of aromatic nitrogens is 2. The van der Waals surface area contributed by atoms with Gasteiger partial charge in [-0.1, -0.05) is 18.2 Å². The number of hydrogen-bond donors (Lipinski definition) is 3. The zero-order valence-electron chi connectivity index (χ0n) is 14.4. The van der Waals surface area contributed by atoms with Crippen LogP contribution in [0.2, 0.25) is 0 Å². The number of thiophene rings is 1. The van der Waals surface area contributed by atoms with Crippen LogP contribution >= 0.6 is 11.3 Å². The van der Waals surface area contributed by atoms with E-state index in [9.17, 15) is 9.00 Å². The van der Waals surface area contributed by atoms with E-state index in [-0.39, 0.29) is 5.91 Å². The number of aryl methyl sites for hydroxylation is 2. The summed E-state index contributed by atoms with van der Waals surface area (Å²) >= 11 is 1.23. The molecule has 26 heavy (non-hydrogen) atoms. The van der Waals surface area contributed by atoms with Crippen LogP contribution in [0.5, 0.6) is 0 Å². The molecule has 0 saturated heterocycles. The summed E-state index contributed by atoms with van der Waals surface area (Å²) in [5, 5.41) is 11.8. The normalized spacial score (nSPS) is 12.2. The Morgan fingerprint density at radius 2 is 1.92 bits per heavy atom. The maximum Gasteiger partial charge on any atom is 0.263 e. The van der Waals surface area contributed by atoms with Crippen molar-refractivity contribution < 1.29 is 9.00 Å². The summed E-state index contributed by atoms with van der Waals surface area (Å²) in [6, 6.07) is 9.08. The molecule has 0 aliphatic rings. The summed E-state index contributed by atoms with van der Waals surface area (Å²) in [5.41, 5.74) is 8.31. The minimum atomic E-state index is -1.31. The lowest BCUT2D eigenvalue weighted by atomic mass is 10.1. The number of carbonyl (C=O) groups is 1. The average molecular weight is 390 g/mol. The van der Waals surface area contributed by atoms with E-state index in [2.05, 4.69) is 20.2 Å². The second-order valence-electron chi connectivity index (χ2n) is 5.67. The molecular formula is C17H19N5O2S2. The lowest BCUT2D eigenvalue weighted by Crippen LogP contribution is -2.32. The quantitative estimate of drug-likeness (QED) is 0.558. The molecule has 1 atom stereocenters. The maximum atomic E-state index is 12.4. The van der Waals surface area contributed by atoms with Gasteiger partial charge in [0.2, 0.25) is 0 Å². The predicted octanol–water partition coefficient (Wildman–Crippen LogP) is 1.93. The van der Waals surface area contributed by atoms with Gasteiger partial charge in [-0.15, -0.1) is 16.4 Å². The summed E-state index contributed by atoms with van der Waals surface area (Å²) < 4.78 is 14.9. The Labute approximate surface area is 157 Å². The van der Waals surface area contributed by atoms with Gasteiger partial charge in [-0.3, -0.25) is 4.79 Å². The molecule has 3 rings (SSSR count). The molecule has 4 N–H and O–H groups in total. The number of rotatable bonds is 6. The second kappa shape index (κ2) is 7.90. The molecule has 0 bridgehead atoms. The van der Waals surface area contributed by atoms with Crippen molar-refractivity contribution in [2.75, 3.05) is 18.8 Å². The lowest BCUT2D eigenvalue weighted by molar-refractivity contribution is 0.0959. The highest BCUT2D eigenvalue weighted by atomic mass is 32.2. The Bertz CT molecular complexity index is 972. The Morgan fingerprint density at radius 1 is 1.19 bits per heavy atom. The van der Waals surface area contributed by atoms with E-state index in [1.807, 2.05) is 32.0 Å². The molecule has 0 aliphatic carbocycles. The third kappa shape index (κ3) is 3.74. The van der Waals surface area contributed by atoms with Gasteiger partial charge >= 0.3 is 0 Å². The second-order valence-corrected chi connectivity index (χ2v) is 7.96. The first kappa shape index (κ1) is 18.4. The number of amides is 1. The highest BCUT2D eigenvalue weighted by Crippen LogP contribution is 2.34. The first-order valence-corrected chi connectivity index (χ1v) is 9.96. The molecule has 0 spiro atoms. The SMILES string of the molecule is Cc1nnc2sc(C(=O)NCCNS(=O)c3ccccc3)c(N)c2c1C. The van der Waals surface area contributed by atoms with Crippen LogP contribution in [0.4, 0.5) is 5.69 Å². The molecule has 7 nitrogen and oxygen atoms in total. The Kier molecular flexibility index (Phi) is 5.60. The highest BCUT2D eigenvalue weighted by Gasteiger charge is 2.19. The molecule has 1 amide bonds. The zero-order chi connectivity index (χ0) is 18.7. The van der Waals surface area contributed by atoms with E-state index >= 15 is 0 Å². The molecule has 2 heterocycles. The van der Waals surface area contributed by atoms with Crippen molar-refractivity contribution in [1.82, 2.24) is 20.2 Å². The van der Waals surface area contributed by atoms with Crippen molar-refractivity contribution in [2.24, 2.45) is 0 Å². The fourth-order valence-electron chi connectivity index (χ4n) is 2.44. The van der Waals surface area contributed by atoms with Gasteiger partial charge in [-0.05, 0) is 31.5 Å². The smallest absolute Gasteiger partial charge is 0.263 e. The third-order valence-corrected chi connectivity index (χ3v) is 6.20. The first-order chi connectivity index (χ1) is 12.5. The Balaban J connectivity index is 1.61. The topological polar surface area (TPSA) is 110 Å². The van der Waals surface area contributed by atoms with E-state index < -0.39 is 11.0 Å². The standard InChI is InChI=1S/C17H19N5O2S2/c1-10-11(2)21-22-17-13(10)14(18)15(25-17)16(23)19-8-9-20-26(24)12-6-4-3-5-7-12/h3-7,20H,8-9,18H2,1-2H3,(H,19,23). The number of anilines is 1. The lowest BCUT2D eigenvalue weighted by Gasteiger charge is -2.06. The summed E-state index contributed by atoms with van der Waals surface area (Å²) in [4.78, 5) is 14.2. The van der Waals surface area contributed by atoms with E-state index in [4.69, 9.17) is 5.73 Å². The minimum absolute atomic E-state index is 0.269. The van der Waals surface area contributed by atoms with E-state index in [1.54, 1.807) is 12.1 Å². The van der Waals surface area contributed by atoms with Gasteiger partial charge in [-0.25, -0.2) is 8.93 Å². The molecule has 0 fully saturated rings. The van der Waals surface area contributed by atoms with Crippen LogP contribution in [0.1, 0.15) is 20.9 Å². The summed E-state index contributed by atoms with van der Waals surface area (Å²) in [6.07, 6.45) is 0. The molecule has 0 saturated carbocycles. The Hall–Kier alpha value is -2.36. The van der Waals surface area contributed by atoms with Gasteiger partial charge in [0.15, 0.2) is 0 Å². The Morgan fingerprint density at radius 3 is 2.65 bits per heavy atom. The fourth-order valence-corrected chi connectivity index (χ4v) is 4.31. The van der Waals surface area contributed by atoms with Gasteiger partial charge in [0.05, 0.1) is 16.3 Å². The number of hydrogen-bond acceptors (Lipinski definition) is 6. The third-order valence-electron chi connectivity index (χ3n) is 3.94. The van der Waals surface area contributed by atoms with Crippen LogP contribution in [0.15, 0.2) is 35.2 Å². The van der Waals surface area contributed by atoms with Crippen molar-refractivity contribution in [2.45, 2.75) is 18.7 Å². The van der Waals surface area contributed by atoms with Crippen molar-refractivity contribution in [3.8, 4) is 0 Å². The number of carbonyl (C=O) groups excluding carboxylic acids is 1.